The summed E-state index contributed by atoms with van der Waals surface area (Å²) in [7, 11) is 0. The van der Waals surface area contributed by atoms with Gasteiger partial charge >= 0.3 is 0 Å². The average molecular weight is 244 g/mol. The Labute approximate surface area is 101 Å². The molecule has 0 aromatic heterocycles. The molecule has 1 saturated carbocycles. The molecule has 0 saturated heterocycles. The molecule has 98 valence electrons. The van der Waals surface area contributed by atoms with Crippen LogP contribution in [-0.2, 0) is 4.79 Å². The molecule has 1 unspecified atom stereocenters. The van der Waals surface area contributed by atoms with Crippen LogP contribution >= 0.6 is 0 Å². The van der Waals surface area contributed by atoms with E-state index in [2.05, 4.69) is 5.32 Å². The van der Waals surface area contributed by atoms with Gasteiger partial charge in [-0.05, 0) is 19.3 Å². The van der Waals surface area contributed by atoms with Gasteiger partial charge in [0.15, 0.2) is 0 Å². The second-order valence-electron chi connectivity index (χ2n) is 4.61. The maximum absolute atomic E-state index is 11.5. The van der Waals surface area contributed by atoms with E-state index in [-0.39, 0.29) is 24.8 Å². The lowest BCUT2D eigenvalue weighted by Crippen LogP contribution is -2.36. The van der Waals surface area contributed by atoms with Gasteiger partial charge in [-0.25, -0.2) is 0 Å². The molecule has 0 radical (unpaired) electrons. The maximum Gasteiger partial charge on any atom is 0.229 e. The SMILES string of the molecule is O=C(CCC(O)C[N+](=O)[O-])NC1CCCCC1. The monoisotopic (exact) mass is 244 g/mol. The van der Waals surface area contributed by atoms with Gasteiger partial charge in [0, 0.05) is 17.4 Å². The Morgan fingerprint density at radius 1 is 1.41 bits per heavy atom. The molecule has 1 rings (SSSR count). The standard InChI is InChI=1S/C11H20N2O4/c14-10(8-13(16)17)6-7-11(15)12-9-4-2-1-3-5-9/h9-10,14H,1-8H2,(H,12,15). The third kappa shape index (κ3) is 6.21. The lowest BCUT2D eigenvalue weighted by atomic mass is 9.95. The normalized spacial score (nSPS) is 18.6. The van der Waals surface area contributed by atoms with Gasteiger partial charge in [-0.3, -0.25) is 14.9 Å². The molecular formula is C11H20N2O4. The Kier molecular flexibility index (Phi) is 5.90. The molecule has 2 N–H and O–H groups in total. The highest BCUT2D eigenvalue weighted by molar-refractivity contribution is 5.76. The molecule has 0 spiro atoms. The van der Waals surface area contributed by atoms with Crippen molar-refractivity contribution in [1.82, 2.24) is 5.32 Å². The minimum absolute atomic E-state index is 0.112. The molecule has 6 heteroatoms. The van der Waals surface area contributed by atoms with Crippen molar-refractivity contribution in [2.75, 3.05) is 6.54 Å². The number of carbonyl (C=O) groups excluding carboxylic acids is 1. The fourth-order valence-electron chi connectivity index (χ4n) is 2.11. The Morgan fingerprint density at radius 2 is 2.06 bits per heavy atom. The molecule has 1 amide bonds. The molecular weight excluding hydrogens is 224 g/mol. The predicted molar refractivity (Wildman–Crippen MR) is 62.1 cm³/mol. The van der Waals surface area contributed by atoms with Crippen molar-refractivity contribution in [3.05, 3.63) is 10.1 Å². The summed E-state index contributed by atoms with van der Waals surface area (Å²) in [5, 5.41) is 22.3. The highest BCUT2D eigenvalue weighted by atomic mass is 16.6. The zero-order valence-corrected chi connectivity index (χ0v) is 9.93. The molecule has 17 heavy (non-hydrogen) atoms. The lowest BCUT2D eigenvalue weighted by molar-refractivity contribution is -0.490. The van der Waals surface area contributed by atoms with Crippen LogP contribution in [0.1, 0.15) is 44.9 Å². The highest BCUT2D eigenvalue weighted by Crippen LogP contribution is 2.17. The molecule has 1 aliphatic rings. The van der Waals surface area contributed by atoms with Crippen LogP contribution in [0.4, 0.5) is 0 Å². The van der Waals surface area contributed by atoms with Crippen LogP contribution in [0, 0.1) is 10.1 Å². The third-order valence-corrected chi connectivity index (χ3v) is 3.03. The summed E-state index contributed by atoms with van der Waals surface area (Å²) in [5.41, 5.74) is 0. The third-order valence-electron chi connectivity index (χ3n) is 3.03. The molecule has 1 aliphatic carbocycles. The van der Waals surface area contributed by atoms with E-state index >= 15 is 0 Å². The molecule has 1 fully saturated rings. The summed E-state index contributed by atoms with van der Waals surface area (Å²) in [5.74, 6) is -0.112. The molecule has 0 aliphatic heterocycles. The van der Waals surface area contributed by atoms with Gasteiger partial charge in [-0.1, -0.05) is 19.3 Å². The number of hydrogen-bond acceptors (Lipinski definition) is 4. The van der Waals surface area contributed by atoms with E-state index < -0.39 is 17.6 Å². The summed E-state index contributed by atoms with van der Waals surface area (Å²) in [6.45, 7) is -0.489. The van der Waals surface area contributed by atoms with Crippen LogP contribution < -0.4 is 5.32 Å². The maximum atomic E-state index is 11.5. The van der Waals surface area contributed by atoms with Gasteiger partial charge in [-0.15, -0.1) is 0 Å². The first kappa shape index (κ1) is 13.9. The fraction of sp³-hybridized carbons (Fsp3) is 0.909. The molecule has 1 atom stereocenters. The minimum atomic E-state index is -1.03. The second kappa shape index (κ2) is 7.21. The predicted octanol–water partition coefficient (Wildman–Crippen LogP) is 0.853. The Balaban J connectivity index is 2.13. The van der Waals surface area contributed by atoms with Gasteiger partial charge in [0.1, 0.15) is 6.10 Å². The number of rotatable bonds is 6. The van der Waals surface area contributed by atoms with Gasteiger partial charge in [0.05, 0.1) is 0 Å². The highest BCUT2D eigenvalue weighted by Gasteiger charge is 2.17. The van der Waals surface area contributed by atoms with Crippen molar-refractivity contribution in [3.63, 3.8) is 0 Å². The Morgan fingerprint density at radius 3 is 2.65 bits per heavy atom. The first-order chi connectivity index (χ1) is 8.08. The Hall–Kier alpha value is -1.17. The quantitative estimate of drug-likeness (QED) is 0.535. The number of nitrogens with zero attached hydrogens (tertiary/aromatic N) is 1. The van der Waals surface area contributed by atoms with Crippen LogP contribution in [0.3, 0.4) is 0 Å². The van der Waals surface area contributed by atoms with E-state index in [9.17, 15) is 20.0 Å². The van der Waals surface area contributed by atoms with Gasteiger partial charge in [0.2, 0.25) is 12.5 Å². The van der Waals surface area contributed by atoms with Crippen molar-refractivity contribution >= 4 is 5.91 Å². The van der Waals surface area contributed by atoms with Crippen molar-refractivity contribution in [1.29, 1.82) is 0 Å². The number of carbonyl (C=O) groups is 1. The van der Waals surface area contributed by atoms with E-state index in [1.54, 1.807) is 0 Å². The summed E-state index contributed by atoms with van der Waals surface area (Å²) >= 11 is 0. The largest absolute Gasteiger partial charge is 0.386 e. The first-order valence-electron chi connectivity index (χ1n) is 6.17. The van der Waals surface area contributed by atoms with Crippen molar-refractivity contribution < 1.29 is 14.8 Å². The number of hydrogen-bond donors (Lipinski definition) is 2. The van der Waals surface area contributed by atoms with Crippen molar-refractivity contribution in [2.45, 2.75) is 57.1 Å². The molecule has 0 aromatic carbocycles. The van der Waals surface area contributed by atoms with E-state index in [0.29, 0.717) is 0 Å². The first-order valence-corrected chi connectivity index (χ1v) is 6.17. The fourth-order valence-corrected chi connectivity index (χ4v) is 2.11. The van der Waals surface area contributed by atoms with E-state index in [4.69, 9.17) is 0 Å². The second-order valence-corrected chi connectivity index (χ2v) is 4.61. The summed E-state index contributed by atoms with van der Waals surface area (Å²) in [6, 6.07) is 0.254. The van der Waals surface area contributed by atoms with E-state index in [1.807, 2.05) is 0 Å². The Bertz CT molecular complexity index is 264. The van der Waals surface area contributed by atoms with Crippen LogP contribution in [0.2, 0.25) is 0 Å². The molecule has 6 nitrogen and oxygen atoms in total. The van der Waals surface area contributed by atoms with Crippen LogP contribution in [0.25, 0.3) is 0 Å². The summed E-state index contributed by atoms with van der Waals surface area (Å²) in [6.07, 6.45) is 4.84. The average Bonchev–Trinajstić information content (AvgIpc) is 2.27. The number of aliphatic hydroxyl groups is 1. The topological polar surface area (TPSA) is 92.5 Å². The summed E-state index contributed by atoms with van der Waals surface area (Å²) in [4.78, 5) is 21.1. The molecule has 0 bridgehead atoms. The number of aliphatic hydroxyl groups excluding tert-OH is 1. The van der Waals surface area contributed by atoms with Gasteiger partial charge in [0.25, 0.3) is 0 Å². The summed E-state index contributed by atoms with van der Waals surface area (Å²) < 4.78 is 0. The number of amides is 1. The molecule has 0 aromatic rings. The smallest absolute Gasteiger partial charge is 0.229 e. The zero-order valence-electron chi connectivity index (χ0n) is 9.93. The molecule has 0 heterocycles. The van der Waals surface area contributed by atoms with Crippen LogP contribution in [0.5, 0.6) is 0 Å². The van der Waals surface area contributed by atoms with Crippen molar-refractivity contribution in [2.24, 2.45) is 0 Å². The van der Waals surface area contributed by atoms with E-state index in [0.717, 1.165) is 25.7 Å². The minimum Gasteiger partial charge on any atom is -0.386 e. The number of nitro groups is 1. The lowest BCUT2D eigenvalue weighted by Gasteiger charge is -2.22. The number of nitrogens with one attached hydrogen (secondary N) is 1. The van der Waals surface area contributed by atoms with Gasteiger partial charge < -0.3 is 10.4 Å². The van der Waals surface area contributed by atoms with Crippen LogP contribution in [-0.4, -0.2) is 34.6 Å². The van der Waals surface area contributed by atoms with E-state index in [1.165, 1.54) is 6.42 Å². The van der Waals surface area contributed by atoms with Crippen molar-refractivity contribution in [3.8, 4) is 0 Å². The van der Waals surface area contributed by atoms with Crippen LogP contribution in [0.15, 0.2) is 0 Å². The van der Waals surface area contributed by atoms with Gasteiger partial charge in [-0.2, -0.15) is 0 Å². The zero-order chi connectivity index (χ0) is 12.7.